The first-order valence-corrected chi connectivity index (χ1v) is 10.1. The SMILES string of the molecule is CC(=O)Nc1cnc(CCCN2CCN(c3noc4ccccc34)CC2)cc1C. The maximum Gasteiger partial charge on any atom is 0.221 e. The van der Waals surface area contributed by atoms with Crippen LogP contribution >= 0.6 is 0 Å². The number of nitrogens with one attached hydrogen (secondary N) is 1. The van der Waals surface area contributed by atoms with Crippen LogP contribution in [0.2, 0.25) is 0 Å². The third kappa shape index (κ3) is 4.56. The van der Waals surface area contributed by atoms with Gasteiger partial charge in [-0.2, -0.15) is 0 Å². The van der Waals surface area contributed by atoms with Crippen LogP contribution in [0.3, 0.4) is 0 Å². The molecule has 3 heterocycles. The molecule has 1 fully saturated rings. The lowest BCUT2D eigenvalue weighted by molar-refractivity contribution is -0.114. The summed E-state index contributed by atoms with van der Waals surface area (Å²) in [5.41, 5.74) is 3.76. The van der Waals surface area contributed by atoms with Crippen molar-refractivity contribution in [2.24, 2.45) is 0 Å². The summed E-state index contributed by atoms with van der Waals surface area (Å²) in [6.07, 6.45) is 3.77. The standard InChI is InChI=1S/C22H27N5O2/c1-16-14-18(23-15-20(16)24-17(2)28)6-5-9-26-10-12-27(13-11-26)22-19-7-3-4-8-21(19)29-25-22/h3-4,7-8,14-15H,5-6,9-13H2,1-2H3,(H,24,28). The highest BCUT2D eigenvalue weighted by Crippen LogP contribution is 2.26. The van der Waals surface area contributed by atoms with Gasteiger partial charge < -0.3 is 14.7 Å². The fourth-order valence-corrected chi connectivity index (χ4v) is 3.84. The van der Waals surface area contributed by atoms with Crippen molar-refractivity contribution < 1.29 is 9.32 Å². The van der Waals surface area contributed by atoms with Gasteiger partial charge in [0.2, 0.25) is 5.91 Å². The molecule has 1 aromatic carbocycles. The lowest BCUT2D eigenvalue weighted by Crippen LogP contribution is -2.46. The molecule has 29 heavy (non-hydrogen) atoms. The van der Waals surface area contributed by atoms with E-state index in [4.69, 9.17) is 4.52 Å². The van der Waals surface area contributed by atoms with Crippen molar-refractivity contribution in [3.05, 3.63) is 47.8 Å². The van der Waals surface area contributed by atoms with Gasteiger partial charge in [-0.1, -0.05) is 17.3 Å². The number of nitrogens with zero attached hydrogens (tertiary/aromatic N) is 4. The largest absolute Gasteiger partial charge is 0.354 e. The Morgan fingerprint density at radius 2 is 2.00 bits per heavy atom. The molecule has 2 aromatic heterocycles. The normalized spacial score (nSPS) is 15.0. The number of piperazine rings is 1. The summed E-state index contributed by atoms with van der Waals surface area (Å²) in [5, 5.41) is 8.17. The van der Waals surface area contributed by atoms with Gasteiger partial charge in [0, 0.05) is 38.8 Å². The second-order valence-corrected chi connectivity index (χ2v) is 7.61. The number of fused-ring (bicyclic) bond motifs is 1. The van der Waals surface area contributed by atoms with E-state index in [1.165, 1.54) is 6.92 Å². The molecule has 0 unspecified atom stereocenters. The van der Waals surface area contributed by atoms with Gasteiger partial charge in [-0.05, 0) is 50.1 Å². The van der Waals surface area contributed by atoms with Gasteiger partial charge in [-0.25, -0.2) is 0 Å². The summed E-state index contributed by atoms with van der Waals surface area (Å²) in [6, 6.07) is 10.1. The van der Waals surface area contributed by atoms with Crippen LogP contribution in [0.4, 0.5) is 11.5 Å². The third-order valence-electron chi connectivity index (χ3n) is 5.42. The average Bonchev–Trinajstić information content (AvgIpc) is 3.14. The molecule has 0 aliphatic carbocycles. The lowest BCUT2D eigenvalue weighted by Gasteiger charge is -2.34. The molecule has 1 N–H and O–H groups in total. The molecule has 7 nitrogen and oxygen atoms in total. The molecule has 0 atom stereocenters. The zero-order valence-corrected chi connectivity index (χ0v) is 17.0. The van der Waals surface area contributed by atoms with Crippen LogP contribution in [-0.4, -0.2) is 53.7 Å². The first-order valence-electron chi connectivity index (χ1n) is 10.1. The molecule has 1 amide bonds. The Bertz CT molecular complexity index is 992. The summed E-state index contributed by atoms with van der Waals surface area (Å²) < 4.78 is 5.45. The average molecular weight is 393 g/mol. The summed E-state index contributed by atoms with van der Waals surface area (Å²) in [7, 11) is 0. The number of anilines is 2. The molecule has 0 radical (unpaired) electrons. The molecule has 4 rings (SSSR count). The molecule has 3 aromatic rings. The van der Waals surface area contributed by atoms with Crippen LogP contribution in [0.25, 0.3) is 11.0 Å². The lowest BCUT2D eigenvalue weighted by atomic mass is 10.1. The van der Waals surface area contributed by atoms with E-state index >= 15 is 0 Å². The molecular formula is C22H27N5O2. The second kappa shape index (κ2) is 8.61. The topological polar surface area (TPSA) is 74.5 Å². The van der Waals surface area contributed by atoms with Gasteiger partial charge in [0.1, 0.15) is 0 Å². The van der Waals surface area contributed by atoms with Crippen LogP contribution in [0.1, 0.15) is 24.6 Å². The van der Waals surface area contributed by atoms with E-state index in [9.17, 15) is 4.79 Å². The number of amides is 1. The van der Waals surface area contributed by atoms with E-state index in [0.717, 1.165) is 79.3 Å². The number of carbonyl (C=O) groups excluding carboxylic acids is 1. The Labute approximate surface area is 170 Å². The molecule has 152 valence electrons. The Morgan fingerprint density at radius 3 is 2.76 bits per heavy atom. The van der Waals surface area contributed by atoms with Crippen molar-refractivity contribution in [3.8, 4) is 0 Å². The highest BCUT2D eigenvalue weighted by atomic mass is 16.5. The van der Waals surface area contributed by atoms with Crippen LogP contribution in [-0.2, 0) is 11.2 Å². The van der Waals surface area contributed by atoms with Gasteiger partial charge in [0.25, 0.3) is 0 Å². The molecule has 0 bridgehead atoms. The third-order valence-corrected chi connectivity index (χ3v) is 5.42. The highest BCUT2D eigenvalue weighted by Gasteiger charge is 2.21. The van der Waals surface area contributed by atoms with E-state index in [-0.39, 0.29) is 5.91 Å². The Hall–Kier alpha value is -2.93. The predicted octanol–water partition coefficient (Wildman–Crippen LogP) is 3.24. The minimum Gasteiger partial charge on any atom is -0.354 e. The van der Waals surface area contributed by atoms with Crippen molar-refractivity contribution in [1.82, 2.24) is 15.0 Å². The minimum absolute atomic E-state index is 0.0691. The molecular weight excluding hydrogens is 366 g/mol. The van der Waals surface area contributed by atoms with Crippen LogP contribution < -0.4 is 10.2 Å². The van der Waals surface area contributed by atoms with Crippen molar-refractivity contribution in [1.29, 1.82) is 0 Å². The number of hydrogen-bond acceptors (Lipinski definition) is 6. The predicted molar refractivity (Wildman–Crippen MR) is 114 cm³/mol. The summed E-state index contributed by atoms with van der Waals surface area (Å²) in [6.45, 7) is 8.53. The zero-order chi connectivity index (χ0) is 20.2. The number of aromatic nitrogens is 2. The first-order chi connectivity index (χ1) is 14.1. The van der Waals surface area contributed by atoms with Crippen molar-refractivity contribution in [2.75, 3.05) is 42.9 Å². The number of carbonyl (C=O) groups is 1. The minimum atomic E-state index is -0.0691. The summed E-state index contributed by atoms with van der Waals surface area (Å²) in [5.74, 6) is 0.889. The second-order valence-electron chi connectivity index (χ2n) is 7.61. The first kappa shape index (κ1) is 19.4. The van der Waals surface area contributed by atoms with Gasteiger partial charge in [-0.3, -0.25) is 14.7 Å². The smallest absolute Gasteiger partial charge is 0.221 e. The molecule has 0 spiro atoms. The highest BCUT2D eigenvalue weighted by molar-refractivity contribution is 5.89. The maximum absolute atomic E-state index is 11.2. The summed E-state index contributed by atoms with van der Waals surface area (Å²) in [4.78, 5) is 20.5. The Morgan fingerprint density at radius 1 is 1.21 bits per heavy atom. The van der Waals surface area contributed by atoms with Crippen molar-refractivity contribution >= 4 is 28.4 Å². The Balaban J connectivity index is 1.25. The zero-order valence-electron chi connectivity index (χ0n) is 17.0. The van der Waals surface area contributed by atoms with E-state index in [1.54, 1.807) is 6.20 Å². The van der Waals surface area contributed by atoms with Gasteiger partial charge in [0.05, 0.1) is 17.3 Å². The number of benzene rings is 1. The Kier molecular flexibility index (Phi) is 5.76. The molecule has 0 saturated carbocycles. The van der Waals surface area contributed by atoms with E-state index < -0.39 is 0 Å². The van der Waals surface area contributed by atoms with E-state index in [0.29, 0.717) is 0 Å². The van der Waals surface area contributed by atoms with Crippen molar-refractivity contribution in [2.45, 2.75) is 26.7 Å². The quantitative estimate of drug-likeness (QED) is 0.693. The fraction of sp³-hybridized carbons (Fsp3) is 0.409. The van der Waals surface area contributed by atoms with Gasteiger partial charge in [0.15, 0.2) is 11.4 Å². The van der Waals surface area contributed by atoms with Gasteiger partial charge >= 0.3 is 0 Å². The number of aryl methyl sites for hydroxylation is 2. The summed E-state index contributed by atoms with van der Waals surface area (Å²) >= 11 is 0. The van der Waals surface area contributed by atoms with Crippen molar-refractivity contribution in [3.63, 3.8) is 0 Å². The van der Waals surface area contributed by atoms with Gasteiger partial charge in [-0.15, -0.1) is 0 Å². The number of hydrogen-bond donors (Lipinski definition) is 1. The molecule has 1 saturated heterocycles. The van der Waals surface area contributed by atoms with Crippen LogP contribution in [0.5, 0.6) is 0 Å². The van der Waals surface area contributed by atoms with Crippen LogP contribution in [0.15, 0.2) is 41.1 Å². The number of pyridine rings is 1. The van der Waals surface area contributed by atoms with Crippen LogP contribution in [0, 0.1) is 6.92 Å². The number of rotatable bonds is 6. The fourth-order valence-electron chi connectivity index (χ4n) is 3.84. The van der Waals surface area contributed by atoms with E-state index in [2.05, 4.69) is 37.4 Å². The molecule has 1 aliphatic heterocycles. The maximum atomic E-state index is 11.2. The number of para-hydroxylation sites is 1. The molecule has 7 heteroatoms. The molecule has 1 aliphatic rings. The van der Waals surface area contributed by atoms with E-state index in [1.807, 2.05) is 25.1 Å². The monoisotopic (exact) mass is 393 g/mol.